The van der Waals surface area contributed by atoms with Crippen LogP contribution in [0.3, 0.4) is 0 Å². The second kappa shape index (κ2) is 31.7. The molecule has 18 valence electrons. The average Bonchev–Trinajstić information content (AvgIpc) is 0. The van der Waals surface area contributed by atoms with E-state index in [0.717, 1.165) is 0 Å². The largest absolute Gasteiger partial charge is 0.412 e. The molecule has 0 spiro atoms. The van der Waals surface area contributed by atoms with E-state index in [4.69, 9.17) is 0 Å². The van der Waals surface area contributed by atoms with E-state index in [0.29, 0.717) is 0 Å². The molecule has 0 saturated heterocycles. The maximum Gasteiger partial charge on any atom is 0 e. The Morgan fingerprint density at radius 2 is 1.00 bits per heavy atom. The van der Waals surface area contributed by atoms with Gasteiger partial charge in [-0.2, -0.15) is 0 Å². The molecule has 0 rings (SSSR count). The fraction of sp³-hybridized carbons (Fsp3) is 0. The number of rotatable bonds is 0. The van der Waals surface area contributed by atoms with E-state index in [9.17, 15) is 0 Å². The van der Waals surface area contributed by atoms with Crippen molar-refractivity contribution in [2.45, 2.75) is 0 Å². The summed E-state index contributed by atoms with van der Waals surface area (Å²) in [4.78, 5) is 0. The van der Waals surface area contributed by atoms with Gasteiger partial charge in [-0.1, -0.05) is 0 Å². The van der Waals surface area contributed by atoms with Crippen molar-refractivity contribution in [1.82, 2.24) is 0 Å². The van der Waals surface area contributed by atoms with Gasteiger partial charge in [0.25, 0.3) is 0 Å². The maximum absolute atomic E-state index is 0. The zero-order valence-corrected chi connectivity index (χ0v) is 8.85. The summed E-state index contributed by atoms with van der Waals surface area (Å²) in [6.07, 6.45) is 0. The molecule has 0 aliphatic carbocycles. The van der Waals surface area contributed by atoms with Crippen molar-refractivity contribution in [3.8, 4) is 0 Å². The molecule has 10 radical (unpaired) electrons. The van der Waals surface area contributed by atoms with E-state index in [1.54, 1.807) is 0 Å². The van der Waals surface area contributed by atoms with Gasteiger partial charge < -0.3 is 5.48 Å². The van der Waals surface area contributed by atoms with E-state index in [2.05, 4.69) is 0 Å². The molecule has 0 saturated carbocycles. The second-order valence-corrected chi connectivity index (χ2v) is 0. The van der Waals surface area contributed by atoms with Crippen molar-refractivity contribution in [1.29, 1.82) is 0 Å². The Labute approximate surface area is 85.2 Å². The fourth-order valence-corrected chi connectivity index (χ4v) is 0. The van der Waals surface area contributed by atoms with Crippen LogP contribution >= 0.6 is 0 Å². The maximum atomic E-state index is 0. The summed E-state index contributed by atoms with van der Waals surface area (Å²) in [7, 11) is 0. The summed E-state index contributed by atoms with van der Waals surface area (Å²) < 4.78 is 0. The Morgan fingerprint density at radius 3 is 1.00 bits per heavy atom. The second-order valence-electron chi connectivity index (χ2n) is 0. The van der Waals surface area contributed by atoms with Crippen LogP contribution in [0.2, 0.25) is 0 Å². The van der Waals surface area contributed by atoms with Crippen molar-refractivity contribution < 1.29 is 5.48 Å². The molecule has 0 heterocycles. The Hall–Kier alpha value is 2.48. The first-order valence-electron chi connectivity index (χ1n) is 0. The molecule has 0 fully saturated rings. The van der Waals surface area contributed by atoms with Gasteiger partial charge in [0.15, 0.2) is 0 Å². The van der Waals surface area contributed by atoms with Gasteiger partial charge in [-0.15, -0.1) is 0 Å². The van der Waals surface area contributed by atoms with Crippen LogP contribution in [0, 0.1) is 0 Å². The van der Waals surface area contributed by atoms with Crippen molar-refractivity contribution in [3.05, 3.63) is 0 Å². The van der Waals surface area contributed by atoms with Crippen LogP contribution in [0.15, 0.2) is 0 Å². The SMILES string of the molecule is O.[Al].[Mg].[Na].[Si]. The van der Waals surface area contributed by atoms with Gasteiger partial charge in [0.1, 0.15) is 0 Å². The van der Waals surface area contributed by atoms with Gasteiger partial charge in [0.2, 0.25) is 0 Å². The van der Waals surface area contributed by atoms with E-state index >= 15 is 0 Å². The first-order valence-corrected chi connectivity index (χ1v) is 0. The number of hydrogen-bond acceptors (Lipinski definition) is 0. The van der Waals surface area contributed by atoms with E-state index in [1.165, 1.54) is 0 Å². The molecule has 0 aromatic heterocycles. The monoisotopic (exact) mass is 120 g/mol. The predicted octanol–water partition coefficient (Wildman–Crippen LogP) is -2.35. The summed E-state index contributed by atoms with van der Waals surface area (Å²) in [5.74, 6) is 0. The van der Waals surface area contributed by atoms with Crippen molar-refractivity contribution in [3.63, 3.8) is 0 Å². The summed E-state index contributed by atoms with van der Waals surface area (Å²) in [5.41, 5.74) is 0. The van der Waals surface area contributed by atoms with Crippen LogP contribution in [0.1, 0.15) is 0 Å². The molecular weight excluding hydrogens is 118 g/mol. The average molecular weight is 120 g/mol. The third-order valence-corrected chi connectivity index (χ3v) is 0. The van der Waals surface area contributed by atoms with E-state index in [-0.39, 0.29) is 86.4 Å². The Bertz CT molecular complexity index is 11.6. The van der Waals surface area contributed by atoms with Crippen molar-refractivity contribution >= 4 is 80.9 Å². The molecule has 2 N–H and O–H groups in total. The molecule has 5 heteroatoms. The summed E-state index contributed by atoms with van der Waals surface area (Å²) in [5, 5.41) is 0. The molecule has 0 aliphatic heterocycles. The van der Waals surface area contributed by atoms with Crippen LogP contribution < -0.4 is 0 Å². The zero-order valence-electron chi connectivity index (χ0n) is 3.28. The van der Waals surface area contributed by atoms with Gasteiger partial charge >= 0.3 is 0 Å². The minimum Gasteiger partial charge on any atom is -0.412 e. The smallest absolute Gasteiger partial charge is 0 e. The van der Waals surface area contributed by atoms with Crippen LogP contribution in [0.4, 0.5) is 0 Å². The van der Waals surface area contributed by atoms with Gasteiger partial charge in [0, 0.05) is 80.9 Å². The topological polar surface area (TPSA) is 31.5 Å². The zero-order chi connectivity index (χ0) is 0. The molecule has 0 aromatic rings. The van der Waals surface area contributed by atoms with Crippen LogP contribution in [-0.4, -0.2) is 86.4 Å². The molecule has 1 nitrogen and oxygen atoms in total. The molecule has 0 amide bonds. The molecule has 0 unspecified atom stereocenters. The fourth-order valence-electron chi connectivity index (χ4n) is 0. The summed E-state index contributed by atoms with van der Waals surface area (Å²) in [6.45, 7) is 0. The van der Waals surface area contributed by atoms with Gasteiger partial charge in [-0.3, -0.25) is 0 Å². The standard InChI is InChI=1S/Al.Mg.Na.H2O.Si/h;;;1H2;. The summed E-state index contributed by atoms with van der Waals surface area (Å²) in [6, 6.07) is 0. The Balaban J connectivity index is 0. The minimum atomic E-state index is 0. The molecule has 0 bridgehead atoms. The van der Waals surface area contributed by atoms with Crippen LogP contribution in [-0.2, 0) is 0 Å². The molecule has 0 aliphatic rings. The number of hydrogen-bond donors (Lipinski definition) is 0. The van der Waals surface area contributed by atoms with Crippen LogP contribution in [0.5, 0.6) is 0 Å². The first-order chi connectivity index (χ1) is 0. The molecule has 0 aromatic carbocycles. The molecule has 0 atom stereocenters. The quantitative estimate of drug-likeness (QED) is 0.321. The summed E-state index contributed by atoms with van der Waals surface area (Å²) >= 11 is 0. The predicted molar refractivity (Wildman–Crippen MR) is 26.6 cm³/mol. The van der Waals surface area contributed by atoms with Gasteiger partial charge in [0.05, 0.1) is 0 Å². The van der Waals surface area contributed by atoms with Gasteiger partial charge in [-0.25, -0.2) is 0 Å². The van der Waals surface area contributed by atoms with Crippen LogP contribution in [0.25, 0.3) is 0 Å². The molecule has 5 heavy (non-hydrogen) atoms. The van der Waals surface area contributed by atoms with E-state index < -0.39 is 0 Å². The first kappa shape index (κ1) is 51.2. The normalized spacial score (nSPS) is 0. The third kappa shape index (κ3) is 21.2. The van der Waals surface area contributed by atoms with Crippen molar-refractivity contribution in [2.24, 2.45) is 0 Å². The minimum absolute atomic E-state index is 0. The molecular formula is H2AlMgNaOSi. The third-order valence-electron chi connectivity index (χ3n) is 0. The van der Waals surface area contributed by atoms with E-state index in [1.807, 2.05) is 0 Å². The Morgan fingerprint density at radius 1 is 1.00 bits per heavy atom. The van der Waals surface area contributed by atoms with Gasteiger partial charge in [-0.05, 0) is 0 Å². The van der Waals surface area contributed by atoms with Crippen molar-refractivity contribution in [2.75, 3.05) is 0 Å². The Kier molecular flexibility index (Phi) is 324.